The topological polar surface area (TPSA) is 29.1 Å². The molecule has 1 saturated heterocycles. The van der Waals surface area contributed by atoms with E-state index in [1.807, 2.05) is 11.8 Å². The van der Waals surface area contributed by atoms with E-state index in [2.05, 4.69) is 5.32 Å². The third-order valence-corrected chi connectivity index (χ3v) is 3.73. The molecule has 1 N–H and O–H groups in total. The van der Waals surface area contributed by atoms with Crippen molar-refractivity contribution in [3.8, 4) is 0 Å². The van der Waals surface area contributed by atoms with E-state index >= 15 is 0 Å². The van der Waals surface area contributed by atoms with Gasteiger partial charge in [0, 0.05) is 11.6 Å². The second kappa shape index (κ2) is 5.34. The Kier molecular flexibility index (Phi) is 3.83. The van der Waals surface area contributed by atoms with Gasteiger partial charge in [-0.25, -0.2) is 4.39 Å². The van der Waals surface area contributed by atoms with E-state index in [0.717, 1.165) is 24.3 Å². The summed E-state index contributed by atoms with van der Waals surface area (Å²) in [7, 11) is 0. The van der Waals surface area contributed by atoms with Crippen molar-refractivity contribution < 1.29 is 9.18 Å². The molecule has 0 aromatic heterocycles. The van der Waals surface area contributed by atoms with Gasteiger partial charge in [0.25, 0.3) is 0 Å². The van der Waals surface area contributed by atoms with Crippen LogP contribution in [0.15, 0.2) is 24.3 Å². The smallest absolute Gasteiger partial charge is 0.227 e. The number of halogens is 1. The number of hydrogen-bond donors (Lipinski definition) is 1. The van der Waals surface area contributed by atoms with Crippen LogP contribution in [0, 0.1) is 11.7 Å². The van der Waals surface area contributed by atoms with Crippen LogP contribution in [0.4, 0.5) is 10.1 Å². The highest BCUT2D eigenvalue weighted by Gasteiger charge is 2.21. The minimum Gasteiger partial charge on any atom is -0.326 e. The largest absolute Gasteiger partial charge is 0.326 e. The van der Waals surface area contributed by atoms with Crippen molar-refractivity contribution in [3.05, 3.63) is 30.1 Å². The first-order valence-electron chi connectivity index (χ1n) is 5.40. The molecule has 1 aromatic rings. The summed E-state index contributed by atoms with van der Waals surface area (Å²) >= 11 is 1.88. The standard InChI is InChI=1S/C12H14FNOS/c13-10-2-1-3-11(8-10)14-12(15)9-4-6-16-7-5-9/h1-3,8-9H,4-7H2,(H,14,15). The van der Waals surface area contributed by atoms with Crippen LogP contribution in [0.2, 0.25) is 0 Å². The van der Waals surface area contributed by atoms with E-state index in [-0.39, 0.29) is 17.6 Å². The van der Waals surface area contributed by atoms with Gasteiger partial charge in [-0.2, -0.15) is 11.8 Å². The van der Waals surface area contributed by atoms with Gasteiger partial charge < -0.3 is 5.32 Å². The summed E-state index contributed by atoms with van der Waals surface area (Å²) in [5, 5.41) is 2.76. The Morgan fingerprint density at radius 2 is 2.12 bits per heavy atom. The molecular weight excluding hydrogens is 225 g/mol. The fourth-order valence-corrected chi connectivity index (χ4v) is 2.88. The molecule has 0 unspecified atom stereocenters. The molecule has 0 bridgehead atoms. The second-order valence-corrected chi connectivity index (χ2v) is 5.11. The summed E-state index contributed by atoms with van der Waals surface area (Å²) < 4.78 is 12.9. The molecule has 1 aliphatic rings. The maximum absolute atomic E-state index is 12.9. The highest BCUT2D eigenvalue weighted by molar-refractivity contribution is 7.99. The van der Waals surface area contributed by atoms with Gasteiger partial charge in [-0.05, 0) is 42.5 Å². The third kappa shape index (κ3) is 2.98. The van der Waals surface area contributed by atoms with Crippen LogP contribution in [0.25, 0.3) is 0 Å². The zero-order chi connectivity index (χ0) is 11.4. The Morgan fingerprint density at radius 1 is 1.38 bits per heavy atom. The number of nitrogens with one attached hydrogen (secondary N) is 1. The van der Waals surface area contributed by atoms with Gasteiger partial charge in [0.1, 0.15) is 5.82 Å². The molecule has 0 radical (unpaired) electrons. The molecule has 0 aliphatic carbocycles. The number of benzene rings is 1. The Morgan fingerprint density at radius 3 is 2.81 bits per heavy atom. The number of thioether (sulfide) groups is 1. The minimum absolute atomic E-state index is 0.0194. The first-order chi connectivity index (χ1) is 7.75. The molecule has 86 valence electrons. The third-order valence-electron chi connectivity index (χ3n) is 2.68. The van der Waals surface area contributed by atoms with E-state index in [1.165, 1.54) is 12.1 Å². The maximum Gasteiger partial charge on any atom is 0.227 e. The number of amides is 1. The monoisotopic (exact) mass is 239 g/mol. The van der Waals surface area contributed by atoms with Crippen molar-refractivity contribution in [3.63, 3.8) is 0 Å². The lowest BCUT2D eigenvalue weighted by Crippen LogP contribution is -2.26. The zero-order valence-corrected chi connectivity index (χ0v) is 9.73. The van der Waals surface area contributed by atoms with Gasteiger partial charge in [-0.3, -0.25) is 4.79 Å². The van der Waals surface area contributed by atoms with E-state index in [1.54, 1.807) is 12.1 Å². The van der Waals surface area contributed by atoms with Crippen molar-refractivity contribution in [1.29, 1.82) is 0 Å². The molecule has 2 nitrogen and oxygen atoms in total. The fourth-order valence-electron chi connectivity index (χ4n) is 1.77. The van der Waals surface area contributed by atoms with Crippen molar-refractivity contribution in [1.82, 2.24) is 0 Å². The molecule has 1 fully saturated rings. The molecule has 4 heteroatoms. The van der Waals surface area contributed by atoms with Gasteiger partial charge in [-0.15, -0.1) is 0 Å². The first-order valence-corrected chi connectivity index (χ1v) is 6.55. The lowest BCUT2D eigenvalue weighted by molar-refractivity contribution is -0.120. The van der Waals surface area contributed by atoms with E-state index < -0.39 is 0 Å². The molecule has 0 saturated carbocycles. The lowest BCUT2D eigenvalue weighted by atomic mass is 10.0. The highest BCUT2D eigenvalue weighted by Crippen LogP contribution is 2.24. The number of carbonyl (C=O) groups excluding carboxylic acids is 1. The number of rotatable bonds is 2. The van der Waals surface area contributed by atoms with Crippen LogP contribution in [0.3, 0.4) is 0 Å². The van der Waals surface area contributed by atoms with E-state index in [9.17, 15) is 9.18 Å². The number of hydrogen-bond acceptors (Lipinski definition) is 2. The molecule has 1 aliphatic heterocycles. The van der Waals surface area contributed by atoms with Crippen molar-refractivity contribution >= 4 is 23.4 Å². The fraction of sp³-hybridized carbons (Fsp3) is 0.417. The Bertz CT molecular complexity index is 377. The van der Waals surface area contributed by atoms with Crippen LogP contribution >= 0.6 is 11.8 Å². The normalized spacial score (nSPS) is 17.1. The number of carbonyl (C=O) groups is 1. The predicted molar refractivity (Wildman–Crippen MR) is 65.1 cm³/mol. The van der Waals surface area contributed by atoms with Gasteiger partial charge in [0.15, 0.2) is 0 Å². The Balaban J connectivity index is 1.96. The molecule has 1 amide bonds. The number of anilines is 1. The molecule has 2 rings (SSSR count). The van der Waals surface area contributed by atoms with E-state index in [4.69, 9.17) is 0 Å². The quantitative estimate of drug-likeness (QED) is 0.859. The van der Waals surface area contributed by atoms with Crippen LogP contribution in [0.1, 0.15) is 12.8 Å². The predicted octanol–water partition coefficient (Wildman–Crippen LogP) is 2.91. The van der Waals surface area contributed by atoms with Gasteiger partial charge in [-0.1, -0.05) is 6.07 Å². The summed E-state index contributed by atoms with van der Waals surface area (Å²) in [6.07, 6.45) is 1.84. The molecule has 0 spiro atoms. The summed E-state index contributed by atoms with van der Waals surface area (Å²) in [6.45, 7) is 0. The lowest BCUT2D eigenvalue weighted by Gasteiger charge is -2.20. The van der Waals surface area contributed by atoms with Gasteiger partial charge in [0.05, 0.1) is 0 Å². The van der Waals surface area contributed by atoms with Crippen molar-refractivity contribution in [2.24, 2.45) is 5.92 Å². The molecule has 1 heterocycles. The van der Waals surface area contributed by atoms with Crippen LogP contribution in [-0.4, -0.2) is 17.4 Å². The van der Waals surface area contributed by atoms with Crippen molar-refractivity contribution in [2.75, 3.05) is 16.8 Å². The van der Waals surface area contributed by atoms with Crippen LogP contribution in [0.5, 0.6) is 0 Å². The van der Waals surface area contributed by atoms with Gasteiger partial charge >= 0.3 is 0 Å². The Labute approximate surface area is 98.6 Å². The Hall–Kier alpha value is -1.03. The molecule has 0 atom stereocenters. The average Bonchev–Trinajstić information content (AvgIpc) is 2.30. The van der Waals surface area contributed by atoms with Crippen molar-refractivity contribution in [2.45, 2.75) is 12.8 Å². The molecular formula is C12H14FNOS. The minimum atomic E-state index is -0.322. The zero-order valence-electron chi connectivity index (χ0n) is 8.91. The van der Waals surface area contributed by atoms with E-state index in [0.29, 0.717) is 5.69 Å². The molecule has 16 heavy (non-hydrogen) atoms. The highest BCUT2D eigenvalue weighted by atomic mass is 32.2. The summed E-state index contributed by atoms with van der Waals surface area (Å²) in [6, 6.07) is 6.02. The summed E-state index contributed by atoms with van der Waals surface area (Å²) in [4.78, 5) is 11.8. The second-order valence-electron chi connectivity index (χ2n) is 3.89. The summed E-state index contributed by atoms with van der Waals surface area (Å²) in [5.41, 5.74) is 0.545. The van der Waals surface area contributed by atoms with Crippen LogP contribution < -0.4 is 5.32 Å². The molecule has 1 aromatic carbocycles. The van der Waals surface area contributed by atoms with Crippen LogP contribution in [-0.2, 0) is 4.79 Å². The van der Waals surface area contributed by atoms with Gasteiger partial charge in [0.2, 0.25) is 5.91 Å². The average molecular weight is 239 g/mol. The summed E-state index contributed by atoms with van der Waals surface area (Å²) in [5.74, 6) is 1.87. The SMILES string of the molecule is O=C(Nc1cccc(F)c1)C1CCSCC1. The maximum atomic E-state index is 12.9. The first kappa shape index (κ1) is 11.5.